The first-order chi connectivity index (χ1) is 5.59. The molecule has 0 aromatic heterocycles. The number of hydrogen-bond donors (Lipinski definition) is 0. The summed E-state index contributed by atoms with van der Waals surface area (Å²) >= 11 is 0. The maximum atomic E-state index is 12.3. The fourth-order valence-electron chi connectivity index (χ4n) is 0.593. The molecule has 0 spiro atoms. The topological polar surface area (TPSA) is 9.23 Å². The Hall–Kier alpha value is -1.26. The van der Waals surface area contributed by atoms with Gasteiger partial charge in [-0.15, -0.1) is 0 Å². The van der Waals surface area contributed by atoms with E-state index in [1.807, 2.05) is 6.07 Å². The highest BCUT2D eigenvalue weighted by atomic mass is 19.3. The van der Waals surface area contributed by atoms with E-state index >= 15 is 0 Å². The number of rotatable bonds is 2. The lowest BCUT2D eigenvalue weighted by Gasteiger charge is -2.02. The molecule has 0 heterocycles. The lowest BCUT2D eigenvalue weighted by molar-refractivity contribution is -0.0502. The van der Waals surface area contributed by atoms with Crippen molar-refractivity contribution in [1.82, 2.24) is 0 Å². The van der Waals surface area contributed by atoms with Crippen molar-refractivity contribution in [3.63, 3.8) is 0 Å². The van der Waals surface area contributed by atoms with E-state index in [-0.39, 0.29) is 0 Å². The molecule has 0 aliphatic heterocycles. The normalized spacial score (nSPS) is 10.4. The van der Waals surface area contributed by atoms with Gasteiger partial charge in [-0.3, -0.25) is 0 Å². The summed E-state index contributed by atoms with van der Waals surface area (Å²) in [6.07, 6.45) is 0. The smallest absolute Gasteiger partial charge is 0.387 e. The van der Waals surface area contributed by atoms with Crippen molar-refractivity contribution in [3.8, 4) is 5.75 Å². The Morgan fingerprint density at radius 3 is 2.42 bits per heavy atom. The van der Waals surface area contributed by atoms with Crippen LogP contribution in [-0.2, 0) is 0 Å². The maximum absolute atomic E-state index is 12.3. The van der Waals surface area contributed by atoms with Gasteiger partial charge < -0.3 is 4.74 Å². The zero-order chi connectivity index (χ0) is 9.14. The monoisotopic (exact) mass is 179 g/mol. The lowest BCUT2D eigenvalue weighted by Crippen LogP contribution is -2.02. The quantitative estimate of drug-likeness (QED) is 0.633. The second-order valence-electron chi connectivity index (χ2n) is 1.87. The summed E-state index contributed by atoms with van der Waals surface area (Å²) in [5.74, 6) is -2.93. The van der Waals surface area contributed by atoms with Gasteiger partial charge in [0.25, 0.3) is 0 Å². The van der Waals surface area contributed by atoms with Crippen LogP contribution in [0.1, 0.15) is 0 Å². The Bertz CT molecular complexity index is 274. The average Bonchev–Trinajstić information content (AvgIpc) is 1.96. The van der Waals surface area contributed by atoms with E-state index in [0.29, 0.717) is 12.1 Å². The Balaban J connectivity index is 2.82. The van der Waals surface area contributed by atoms with Crippen LogP contribution in [0.2, 0.25) is 0 Å². The molecule has 0 bridgehead atoms. The molecular weight excluding hydrogens is 176 g/mol. The first-order valence-corrected chi connectivity index (χ1v) is 2.91. The van der Waals surface area contributed by atoms with Crippen LogP contribution in [0.3, 0.4) is 0 Å². The van der Waals surface area contributed by atoms with E-state index in [0.717, 1.165) is 0 Å². The van der Waals surface area contributed by atoms with E-state index in [1.165, 1.54) is 0 Å². The molecule has 0 saturated carbocycles. The molecule has 1 aromatic carbocycles. The number of halogens is 4. The number of hydrogen-bond acceptors (Lipinski definition) is 1. The summed E-state index contributed by atoms with van der Waals surface area (Å²) in [6, 6.07) is 3.08. The van der Waals surface area contributed by atoms with Gasteiger partial charge in [-0.25, -0.2) is 8.78 Å². The average molecular weight is 179 g/mol. The van der Waals surface area contributed by atoms with E-state index in [1.54, 1.807) is 0 Å². The summed E-state index contributed by atoms with van der Waals surface area (Å²) in [6.45, 7) is -3.06. The van der Waals surface area contributed by atoms with E-state index in [2.05, 4.69) is 4.74 Å². The molecule has 0 N–H and O–H groups in total. The summed E-state index contributed by atoms with van der Waals surface area (Å²) in [5, 5.41) is 0. The SMILES string of the molecule is Fc1c[c]c(OC(F)F)cc1F. The number of ether oxygens (including phenoxy) is 1. The molecule has 0 amide bonds. The van der Waals surface area contributed by atoms with Crippen LogP contribution in [0, 0.1) is 17.7 Å². The predicted molar refractivity (Wildman–Crippen MR) is 31.8 cm³/mol. The standard InChI is InChI=1S/C7H3F4O/c8-5-2-1-4(3-6(5)9)12-7(10)11/h2-3,7H. The zero-order valence-electron chi connectivity index (χ0n) is 5.65. The van der Waals surface area contributed by atoms with Gasteiger partial charge in [0.2, 0.25) is 0 Å². The Kier molecular flexibility index (Phi) is 2.52. The third-order valence-electron chi connectivity index (χ3n) is 1.04. The van der Waals surface area contributed by atoms with Gasteiger partial charge in [-0.05, 0) is 6.07 Å². The molecule has 12 heavy (non-hydrogen) atoms. The highest BCUT2D eigenvalue weighted by Gasteiger charge is 2.07. The molecule has 1 rings (SSSR count). The van der Waals surface area contributed by atoms with Crippen molar-refractivity contribution >= 4 is 0 Å². The van der Waals surface area contributed by atoms with Crippen molar-refractivity contribution in [2.75, 3.05) is 0 Å². The fraction of sp³-hybridized carbons (Fsp3) is 0.143. The number of alkyl halides is 2. The van der Waals surface area contributed by atoms with Crippen LogP contribution in [0.4, 0.5) is 17.6 Å². The fourth-order valence-corrected chi connectivity index (χ4v) is 0.593. The van der Waals surface area contributed by atoms with Crippen LogP contribution >= 0.6 is 0 Å². The second kappa shape index (κ2) is 3.42. The van der Waals surface area contributed by atoms with Crippen LogP contribution < -0.4 is 4.74 Å². The molecule has 0 unspecified atom stereocenters. The van der Waals surface area contributed by atoms with Crippen molar-refractivity contribution in [2.45, 2.75) is 6.61 Å². The first-order valence-electron chi connectivity index (χ1n) is 2.91. The summed E-state index contributed by atoms with van der Waals surface area (Å²) in [7, 11) is 0. The minimum absolute atomic E-state index is 0.501. The molecule has 1 nitrogen and oxygen atoms in total. The lowest BCUT2D eigenvalue weighted by atomic mass is 10.3. The van der Waals surface area contributed by atoms with Crippen molar-refractivity contribution in [1.29, 1.82) is 0 Å². The second-order valence-corrected chi connectivity index (χ2v) is 1.87. The van der Waals surface area contributed by atoms with Crippen LogP contribution in [0.5, 0.6) is 5.75 Å². The highest BCUT2D eigenvalue weighted by Crippen LogP contribution is 2.16. The van der Waals surface area contributed by atoms with Gasteiger partial charge in [0.1, 0.15) is 5.75 Å². The molecule has 1 aromatic rings. The van der Waals surface area contributed by atoms with Gasteiger partial charge in [0, 0.05) is 12.1 Å². The zero-order valence-corrected chi connectivity index (χ0v) is 5.65. The summed E-state index contributed by atoms with van der Waals surface area (Å²) in [4.78, 5) is 0. The van der Waals surface area contributed by atoms with Crippen LogP contribution in [-0.4, -0.2) is 6.61 Å². The molecule has 0 atom stereocenters. The largest absolute Gasteiger partial charge is 0.434 e. The highest BCUT2D eigenvalue weighted by molar-refractivity contribution is 5.21. The van der Waals surface area contributed by atoms with Crippen molar-refractivity contribution in [3.05, 3.63) is 29.8 Å². The minimum Gasteiger partial charge on any atom is -0.434 e. The van der Waals surface area contributed by atoms with E-state index < -0.39 is 24.0 Å². The van der Waals surface area contributed by atoms with Gasteiger partial charge in [0.15, 0.2) is 11.6 Å². The van der Waals surface area contributed by atoms with Gasteiger partial charge in [-0.1, -0.05) is 0 Å². The molecule has 5 heteroatoms. The summed E-state index contributed by atoms with van der Waals surface area (Å²) in [5.41, 5.74) is 0. The molecule has 0 fully saturated rings. The predicted octanol–water partition coefficient (Wildman–Crippen LogP) is 2.37. The first kappa shape index (κ1) is 8.83. The molecule has 0 aliphatic carbocycles. The van der Waals surface area contributed by atoms with Crippen molar-refractivity contribution < 1.29 is 22.3 Å². The summed E-state index contributed by atoms with van der Waals surface area (Å²) < 4.78 is 51.2. The Morgan fingerprint density at radius 1 is 1.25 bits per heavy atom. The van der Waals surface area contributed by atoms with Crippen LogP contribution in [0.15, 0.2) is 12.1 Å². The van der Waals surface area contributed by atoms with Crippen LogP contribution in [0.25, 0.3) is 0 Å². The maximum Gasteiger partial charge on any atom is 0.387 e. The Labute approximate surface area is 65.6 Å². The van der Waals surface area contributed by atoms with Gasteiger partial charge in [-0.2, -0.15) is 8.78 Å². The third kappa shape index (κ3) is 2.11. The molecule has 65 valence electrons. The van der Waals surface area contributed by atoms with Gasteiger partial charge in [0.05, 0.1) is 0 Å². The molecular formula is C7H3F4O. The third-order valence-corrected chi connectivity index (χ3v) is 1.04. The van der Waals surface area contributed by atoms with E-state index in [9.17, 15) is 17.6 Å². The minimum atomic E-state index is -3.06. The molecule has 0 aliphatic rings. The molecule has 0 saturated heterocycles. The van der Waals surface area contributed by atoms with Crippen molar-refractivity contribution in [2.24, 2.45) is 0 Å². The molecule has 1 radical (unpaired) electrons. The Morgan fingerprint density at radius 2 is 1.92 bits per heavy atom. The van der Waals surface area contributed by atoms with Gasteiger partial charge >= 0.3 is 6.61 Å². The number of benzene rings is 1. The van der Waals surface area contributed by atoms with E-state index in [4.69, 9.17) is 0 Å².